The molecule has 11 heteroatoms. The topological polar surface area (TPSA) is 119 Å². The molecular weight excluding hydrogens is 528 g/mol. The standard InChI is InChI=1S/C27H25ClN4O5S/c1-4-6-18-14-21(33)32-22(24(34)30-19-10-7-15(3)20(28)13-19)23(38-27(32)31-18)25(35)29-17-11-8-16(9-12-17)26(36)37-5-2/h7-14H,4-6H2,1-3H3,(H,29,35)(H,30,34). The van der Waals surface area contributed by atoms with E-state index < -0.39 is 23.3 Å². The SMILES string of the molecule is CCCc1cc(=O)n2c(C(=O)Nc3ccc(C)c(Cl)c3)c(C(=O)Nc3ccc(C(=O)OCC)cc3)sc2n1. The van der Waals surface area contributed by atoms with Crippen molar-refractivity contribution in [3.8, 4) is 0 Å². The second kappa shape index (κ2) is 11.6. The van der Waals surface area contributed by atoms with E-state index in [2.05, 4.69) is 15.6 Å². The summed E-state index contributed by atoms with van der Waals surface area (Å²) in [5, 5.41) is 5.92. The zero-order valence-electron chi connectivity index (χ0n) is 21.0. The van der Waals surface area contributed by atoms with Crippen LogP contribution in [0.2, 0.25) is 5.02 Å². The molecule has 4 aromatic rings. The van der Waals surface area contributed by atoms with Crippen LogP contribution in [0, 0.1) is 6.92 Å². The molecule has 0 saturated carbocycles. The lowest BCUT2D eigenvalue weighted by Gasteiger charge is -2.09. The average molecular weight is 553 g/mol. The van der Waals surface area contributed by atoms with Gasteiger partial charge in [-0.3, -0.25) is 14.4 Å². The van der Waals surface area contributed by atoms with Crippen molar-refractivity contribution in [3.05, 3.63) is 91.3 Å². The predicted molar refractivity (Wildman–Crippen MR) is 148 cm³/mol. The monoisotopic (exact) mass is 552 g/mol. The molecular formula is C27H25ClN4O5S. The Labute approximate surface area is 227 Å². The zero-order chi connectivity index (χ0) is 27.4. The van der Waals surface area contributed by atoms with Crippen molar-refractivity contribution in [2.45, 2.75) is 33.6 Å². The number of carbonyl (C=O) groups excluding carboxylic acids is 3. The van der Waals surface area contributed by atoms with Gasteiger partial charge in [0.15, 0.2) is 4.96 Å². The van der Waals surface area contributed by atoms with Gasteiger partial charge >= 0.3 is 5.97 Å². The molecule has 196 valence electrons. The van der Waals surface area contributed by atoms with E-state index in [-0.39, 0.29) is 22.1 Å². The maximum Gasteiger partial charge on any atom is 0.338 e. The van der Waals surface area contributed by atoms with E-state index in [1.807, 2.05) is 13.8 Å². The highest BCUT2D eigenvalue weighted by Crippen LogP contribution is 2.26. The first kappa shape index (κ1) is 27.0. The number of fused-ring (bicyclic) bond motifs is 1. The van der Waals surface area contributed by atoms with Crippen molar-refractivity contribution in [2.75, 3.05) is 17.2 Å². The quantitative estimate of drug-likeness (QED) is 0.284. The Hall–Kier alpha value is -4.02. The van der Waals surface area contributed by atoms with E-state index >= 15 is 0 Å². The fraction of sp³-hybridized carbons (Fsp3) is 0.222. The Balaban J connectivity index is 1.73. The van der Waals surface area contributed by atoms with Crippen LogP contribution in [0.3, 0.4) is 0 Å². The van der Waals surface area contributed by atoms with Crippen LogP contribution in [-0.4, -0.2) is 33.8 Å². The van der Waals surface area contributed by atoms with Gasteiger partial charge in [0.1, 0.15) is 10.6 Å². The highest BCUT2D eigenvalue weighted by molar-refractivity contribution is 7.19. The number of benzene rings is 2. The number of esters is 1. The molecule has 9 nitrogen and oxygen atoms in total. The Morgan fingerprint density at radius 3 is 2.34 bits per heavy atom. The Kier molecular flexibility index (Phi) is 8.23. The third-order valence-electron chi connectivity index (χ3n) is 5.58. The number of amides is 2. The van der Waals surface area contributed by atoms with Crippen LogP contribution in [0.5, 0.6) is 0 Å². The van der Waals surface area contributed by atoms with Crippen molar-refractivity contribution < 1.29 is 19.1 Å². The second-order valence-corrected chi connectivity index (χ2v) is 9.79. The van der Waals surface area contributed by atoms with Gasteiger partial charge in [-0.05, 0) is 62.2 Å². The molecule has 0 aliphatic heterocycles. The smallest absolute Gasteiger partial charge is 0.338 e. The van der Waals surface area contributed by atoms with E-state index in [0.717, 1.165) is 27.7 Å². The molecule has 0 spiro atoms. The predicted octanol–water partition coefficient (Wildman–Crippen LogP) is 5.35. The summed E-state index contributed by atoms with van der Waals surface area (Å²) in [5.41, 5.74) is 1.96. The summed E-state index contributed by atoms with van der Waals surface area (Å²) in [4.78, 5) is 56.5. The van der Waals surface area contributed by atoms with Gasteiger partial charge in [-0.2, -0.15) is 0 Å². The van der Waals surface area contributed by atoms with Crippen molar-refractivity contribution in [1.82, 2.24) is 9.38 Å². The van der Waals surface area contributed by atoms with Crippen LogP contribution in [0.4, 0.5) is 11.4 Å². The molecule has 0 bridgehead atoms. The van der Waals surface area contributed by atoms with Gasteiger partial charge in [0.05, 0.1) is 12.2 Å². The van der Waals surface area contributed by atoms with Gasteiger partial charge in [0.2, 0.25) is 0 Å². The molecule has 0 fully saturated rings. The lowest BCUT2D eigenvalue weighted by molar-refractivity contribution is 0.0526. The Morgan fingerprint density at radius 2 is 1.68 bits per heavy atom. The van der Waals surface area contributed by atoms with Crippen LogP contribution in [0.1, 0.15) is 62.0 Å². The summed E-state index contributed by atoms with van der Waals surface area (Å²) in [7, 11) is 0. The highest BCUT2D eigenvalue weighted by Gasteiger charge is 2.27. The van der Waals surface area contributed by atoms with Gasteiger partial charge in [-0.1, -0.05) is 42.3 Å². The van der Waals surface area contributed by atoms with Crippen LogP contribution >= 0.6 is 22.9 Å². The van der Waals surface area contributed by atoms with Crippen LogP contribution in [0.15, 0.2) is 53.3 Å². The van der Waals surface area contributed by atoms with Crippen molar-refractivity contribution in [3.63, 3.8) is 0 Å². The molecule has 0 radical (unpaired) electrons. The molecule has 0 aliphatic rings. The summed E-state index contributed by atoms with van der Waals surface area (Å²) in [5.74, 6) is -1.74. The maximum absolute atomic E-state index is 13.4. The first-order valence-corrected chi connectivity index (χ1v) is 13.1. The molecule has 0 unspecified atom stereocenters. The largest absolute Gasteiger partial charge is 0.462 e. The van der Waals surface area contributed by atoms with Gasteiger partial charge in [-0.25, -0.2) is 14.2 Å². The molecule has 2 aromatic carbocycles. The molecule has 38 heavy (non-hydrogen) atoms. The number of hydrogen-bond donors (Lipinski definition) is 2. The van der Waals surface area contributed by atoms with Crippen molar-refractivity contribution in [2.24, 2.45) is 0 Å². The number of nitrogens with zero attached hydrogens (tertiary/aromatic N) is 2. The molecule has 2 amide bonds. The Bertz CT molecular complexity index is 1590. The minimum atomic E-state index is -0.661. The number of nitrogens with one attached hydrogen (secondary N) is 2. The molecule has 0 atom stereocenters. The third-order valence-corrected chi connectivity index (χ3v) is 7.03. The maximum atomic E-state index is 13.4. The van der Waals surface area contributed by atoms with E-state index in [1.54, 1.807) is 37.3 Å². The van der Waals surface area contributed by atoms with Gasteiger partial charge in [0, 0.05) is 28.2 Å². The van der Waals surface area contributed by atoms with Crippen molar-refractivity contribution >= 4 is 57.1 Å². The minimum Gasteiger partial charge on any atom is -0.462 e. The molecule has 0 aliphatic carbocycles. The van der Waals surface area contributed by atoms with E-state index in [1.165, 1.54) is 18.2 Å². The first-order chi connectivity index (χ1) is 18.2. The van der Waals surface area contributed by atoms with Crippen LogP contribution in [-0.2, 0) is 11.2 Å². The number of rotatable bonds is 8. The van der Waals surface area contributed by atoms with E-state index in [9.17, 15) is 19.2 Å². The van der Waals surface area contributed by atoms with Gasteiger partial charge in [0.25, 0.3) is 17.4 Å². The summed E-state index contributed by atoms with van der Waals surface area (Å²) >= 11 is 7.15. The van der Waals surface area contributed by atoms with Crippen LogP contribution < -0.4 is 16.2 Å². The summed E-state index contributed by atoms with van der Waals surface area (Å²) < 4.78 is 6.12. The van der Waals surface area contributed by atoms with Gasteiger partial charge < -0.3 is 15.4 Å². The lowest BCUT2D eigenvalue weighted by Crippen LogP contribution is -2.25. The molecule has 2 aromatic heterocycles. The summed E-state index contributed by atoms with van der Waals surface area (Å²) in [6.07, 6.45) is 1.37. The fourth-order valence-corrected chi connectivity index (χ4v) is 4.94. The number of aromatic nitrogens is 2. The zero-order valence-corrected chi connectivity index (χ0v) is 22.5. The number of hydrogen-bond acceptors (Lipinski definition) is 7. The number of ether oxygens (including phenoxy) is 1. The average Bonchev–Trinajstić information content (AvgIpc) is 3.27. The summed E-state index contributed by atoms with van der Waals surface area (Å²) in [6, 6.07) is 12.5. The van der Waals surface area contributed by atoms with Crippen LogP contribution in [0.25, 0.3) is 4.96 Å². The van der Waals surface area contributed by atoms with Gasteiger partial charge in [-0.15, -0.1) is 0 Å². The highest BCUT2D eigenvalue weighted by atomic mass is 35.5. The number of halogens is 1. The number of carbonyl (C=O) groups is 3. The number of thiazole rings is 1. The van der Waals surface area contributed by atoms with Crippen molar-refractivity contribution in [1.29, 1.82) is 0 Å². The second-order valence-electron chi connectivity index (χ2n) is 8.40. The molecule has 4 rings (SSSR count). The lowest BCUT2D eigenvalue weighted by atomic mass is 10.2. The fourth-order valence-electron chi connectivity index (χ4n) is 3.72. The third kappa shape index (κ3) is 5.76. The minimum absolute atomic E-state index is 0.00780. The normalized spacial score (nSPS) is 10.8. The number of anilines is 2. The molecule has 2 N–H and O–H groups in total. The Morgan fingerprint density at radius 1 is 1.00 bits per heavy atom. The number of aryl methyl sites for hydroxylation is 2. The van der Waals surface area contributed by atoms with E-state index in [4.69, 9.17) is 16.3 Å². The molecule has 0 saturated heterocycles. The first-order valence-electron chi connectivity index (χ1n) is 11.9. The molecule has 2 heterocycles. The van der Waals surface area contributed by atoms with E-state index in [0.29, 0.717) is 34.1 Å². The summed E-state index contributed by atoms with van der Waals surface area (Å²) in [6.45, 7) is 5.76.